The van der Waals surface area contributed by atoms with Gasteiger partial charge in [0, 0.05) is 11.1 Å². The van der Waals surface area contributed by atoms with E-state index in [0.29, 0.717) is 5.56 Å². The first-order valence-electron chi connectivity index (χ1n) is 5.83. The zero-order chi connectivity index (χ0) is 13.1. The number of rotatable bonds is 2. The number of nitrogens with zero attached hydrogens (tertiary/aromatic N) is 2. The van der Waals surface area contributed by atoms with E-state index in [2.05, 4.69) is 10.2 Å². The largest absolute Gasteiger partial charge is 0.400 e. The molecule has 0 atom stereocenters. The van der Waals surface area contributed by atoms with Gasteiger partial charge in [-0.2, -0.15) is 0 Å². The highest BCUT2D eigenvalue weighted by atomic mass is 16.4. The molecule has 0 aliphatic carbocycles. The van der Waals surface area contributed by atoms with Crippen LogP contribution in [0.2, 0.25) is 0 Å². The van der Waals surface area contributed by atoms with Gasteiger partial charge < -0.3 is 4.42 Å². The van der Waals surface area contributed by atoms with Gasteiger partial charge in [-0.05, 0) is 12.1 Å². The number of hydrogen-bond donors (Lipinski definition) is 0. The zero-order valence-electron chi connectivity index (χ0n) is 9.98. The fourth-order valence-corrected chi connectivity index (χ4v) is 1.76. The Kier molecular flexibility index (Phi) is 2.90. The molecule has 0 bridgehead atoms. The Morgan fingerprint density at radius 3 is 1.89 bits per heavy atom. The lowest BCUT2D eigenvalue weighted by Crippen LogP contribution is -2.08. The van der Waals surface area contributed by atoms with Crippen molar-refractivity contribution >= 4 is 0 Å². The molecule has 0 spiro atoms. The van der Waals surface area contributed by atoms with E-state index in [1.54, 1.807) is 12.1 Å². The van der Waals surface area contributed by atoms with Gasteiger partial charge in [-0.15, -0.1) is 10.2 Å². The van der Waals surface area contributed by atoms with E-state index in [9.17, 15) is 4.79 Å². The third-order valence-electron chi connectivity index (χ3n) is 2.69. The summed E-state index contributed by atoms with van der Waals surface area (Å²) in [4.78, 5) is 11.9. The highest BCUT2D eigenvalue weighted by Gasteiger charge is 2.10. The van der Waals surface area contributed by atoms with E-state index in [4.69, 9.17) is 4.42 Å². The standard InChI is InChI=1S/C15H10N2O2/c18-15-13(11-7-3-1-4-8-11)16-17-14(19-15)12-9-5-2-6-10-12/h1-10H. The molecule has 0 unspecified atom stereocenters. The molecule has 3 aromatic rings. The summed E-state index contributed by atoms with van der Waals surface area (Å²) in [6.07, 6.45) is 0. The van der Waals surface area contributed by atoms with Crippen LogP contribution in [-0.2, 0) is 0 Å². The fourth-order valence-electron chi connectivity index (χ4n) is 1.76. The Hall–Kier alpha value is -2.75. The van der Waals surface area contributed by atoms with Gasteiger partial charge in [-0.25, -0.2) is 4.79 Å². The van der Waals surface area contributed by atoms with Crippen molar-refractivity contribution in [1.82, 2.24) is 10.2 Å². The smallest absolute Gasteiger partial charge is 0.366 e. The normalized spacial score (nSPS) is 10.3. The molecule has 0 aliphatic heterocycles. The van der Waals surface area contributed by atoms with Gasteiger partial charge in [0.15, 0.2) is 5.69 Å². The molecule has 92 valence electrons. The van der Waals surface area contributed by atoms with Gasteiger partial charge in [0.05, 0.1) is 0 Å². The summed E-state index contributed by atoms with van der Waals surface area (Å²) in [6.45, 7) is 0. The van der Waals surface area contributed by atoms with Crippen LogP contribution in [0.4, 0.5) is 0 Å². The molecule has 0 amide bonds. The minimum absolute atomic E-state index is 0.222. The average molecular weight is 250 g/mol. The van der Waals surface area contributed by atoms with Gasteiger partial charge in [0.25, 0.3) is 0 Å². The predicted molar refractivity (Wildman–Crippen MR) is 71.4 cm³/mol. The number of aromatic nitrogens is 2. The predicted octanol–water partition coefficient (Wildman–Crippen LogP) is 2.76. The van der Waals surface area contributed by atoms with Crippen LogP contribution in [0.1, 0.15) is 0 Å². The van der Waals surface area contributed by atoms with Crippen molar-refractivity contribution in [3.63, 3.8) is 0 Å². The van der Waals surface area contributed by atoms with E-state index in [1.165, 1.54) is 0 Å². The van der Waals surface area contributed by atoms with E-state index in [-0.39, 0.29) is 11.6 Å². The van der Waals surface area contributed by atoms with Crippen molar-refractivity contribution in [1.29, 1.82) is 0 Å². The van der Waals surface area contributed by atoms with Crippen LogP contribution in [0.15, 0.2) is 69.9 Å². The number of hydrogen-bond acceptors (Lipinski definition) is 4. The van der Waals surface area contributed by atoms with Crippen molar-refractivity contribution in [2.45, 2.75) is 0 Å². The summed E-state index contributed by atoms with van der Waals surface area (Å²) >= 11 is 0. The van der Waals surface area contributed by atoms with E-state index >= 15 is 0 Å². The molecule has 3 rings (SSSR count). The summed E-state index contributed by atoms with van der Waals surface area (Å²) in [5.41, 5.74) is 1.16. The lowest BCUT2D eigenvalue weighted by Gasteiger charge is -2.00. The molecule has 0 saturated carbocycles. The molecule has 0 aliphatic rings. The van der Waals surface area contributed by atoms with Crippen molar-refractivity contribution < 1.29 is 4.42 Å². The molecule has 1 heterocycles. The van der Waals surface area contributed by atoms with Gasteiger partial charge in [0.1, 0.15) is 0 Å². The van der Waals surface area contributed by atoms with Crippen LogP contribution in [0.3, 0.4) is 0 Å². The van der Waals surface area contributed by atoms with Crippen molar-refractivity contribution in [2.24, 2.45) is 0 Å². The van der Waals surface area contributed by atoms with Crippen molar-refractivity contribution in [2.75, 3.05) is 0 Å². The molecule has 4 heteroatoms. The molecule has 2 aromatic carbocycles. The lowest BCUT2D eigenvalue weighted by molar-refractivity contribution is 0.494. The average Bonchev–Trinajstić information content (AvgIpc) is 2.49. The second kappa shape index (κ2) is 4.86. The van der Waals surface area contributed by atoms with E-state index < -0.39 is 5.63 Å². The second-order valence-corrected chi connectivity index (χ2v) is 3.98. The van der Waals surface area contributed by atoms with Crippen LogP contribution in [0, 0.1) is 0 Å². The van der Waals surface area contributed by atoms with Crippen LogP contribution in [-0.4, -0.2) is 10.2 Å². The van der Waals surface area contributed by atoms with E-state index in [0.717, 1.165) is 5.56 Å². The maximum Gasteiger partial charge on any atom is 0.366 e. The molecule has 0 fully saturated rings. The van der Waals surface area contributed by atoms with Crippen LogP contribution < -0.4 is 5.63 Å². The Morgan fingerprint density at radius 1 is 0.737 bits per heavy atom. The third kappa shape index (κ3) is 2.28. The van der Waals surface area contributed by atoms with Crippen molar-refractivity contribution in [3.05, 3.63) is 71.1 Å². The topological polar surface area (TPSA) is 56.0 Å². The Labute approximate surface area is 109 Å². The van der Waals surface area contributed by atoms with Crippen molar-refractivity contribution in [3.8, 4) is 22.7 Å². The minimum atomic E-state index is -0.486. The van der Waals surface area contributed by atoms with Gasteiger partial charge in [-0.1, -0.05) is 48.5 Å². The Balaban J connectivity index is 2.07. The SMILES string of the molecule is O=c1oc(-c2ccccc2)nnc1-c1ccccc1. The Morgan fingerprint density at radius 2 is 1.32 bits per heavy atom. The van der Waals surface area contributed by atoms with Crippen LogP contribution in [0.5, 0.6) is 0 Å². The Bertz CT molecular complexity index is 737. The summed E-state index contributed by atoms with van der Waals surface area (Å²) in [5.74, 6) is 0.227. The van der Waals surface area contributed by atoms with Gasteiger partial charge >= 0.3 is 5.63 Å². The zero-order valence-corrected chi connectivity index (χ0v) is 9.98. The maximum atomic E-state index is 11.9. The fraction of sp³-hybridized carbons (Fsp3) is 0. The third-order valence-corrected chi connectivity index (χ3v) is 2.69. The summed E-state index contributed by atoms with van der Waals surface area (Å²) in [5, 5.41) is 7.94. The molecule has 1 aromatic heterocycles. The summed E-state index contributed by atoms with van der Waals surface area (Å²) < 4.78 is 5.22. The number of benzene rings is 2. The van der Waals surface area contributed by atoms with E-state index in [1.807, 2.05) is 48.5 Å². The summed E-state index contributed by atoms with van der Waals surface area (Å²) in [7, 11) is 0. The summed E-state index contributed by atoms with van der Waals surface area (Å²) in [6, 6.07) is 18.3. The molecule has 0 N–H and O–H groups in total. The monoisotopic (exact) mass is 250 g/mol. The molecule has 0 radical (unpaired) electrons. The molecular formula is C15H10N2O2. The highest BCUT2D eigenvalue weighted by molar-refractivity contribution is 5.58. The molecule has 0 saturated heterocycles. The van der Waals surface area contributed by atoms with Crippen LogP contribution >= 0.6 is 0 Å². The van der Waals surface area contributed by atoms with Gasteiger partial charge in [0.2, 0.25) is 5.89 Å². The molecule has 4 nitrogen and oxygen atoms in total. The first-order chi connectivity index (χ1) is 9.34. The van der Waals surface area contributed by atoms with Crippen LogP contribution in [0.25, 0.3) is 22.7 Å². The minimum Gasteiger partial charge on any atom is -0.400 e. The maximum absolute atomic E-state index is 11.9. The van der Waals surface area contributed by atoms with Gasteiger partial charge in [-0.3, -0.25) is 0 Å². The molecular weight excluding hydrogens is 240 g/mol. The second-order valence-electron chi connectivity index (χ2n) is 3.98. The molecule has 19 heavy (non-hydrogen) atoms. The first kappa shape index (κ1) is 11.3. The first-order valence-corrected chi connectivity index (χ1v) is 5.83. The lowest BCUT2D eigenvalue weighted by atomic mass is 10.2. The highest BCUT2D eigenvalue weighted by Crippen LogP contribution is 2.16. The quantitative estimate of drug-likeness (QED) is 0.701.